The molecule has 2 aromatic carbocycles. The lowest BCUT2D eigenvalue weighted by atomic mass is 9.82. The van der Waals surface area contributed by atoms with Gasteiger partial charge in [0.1, 0.15) is 0 Å². The van der Waals surface area contributed by atoms with E-state index >= 15 is 4.39 Å². The highest BCUT2D eigenvalue weighted by atomic mass is 19.2. The lowest BCUT2D eigenvalue weighted by Crippen LogP contribution is -2.20. The Balaban J connectivity index is 2.15. The highest BCUT2D eigenvalue weighted by Crippen LogP contribution is 2.42. The van der Waals surface area contributed by atoms with Gasteiger partial charge in [0.15, 0.2) is 23.1 Å². The Kier molecular flexibility index (Phi) is 4.80. The van der Waals surface area contributed by atoms with Crippen molar-refractivity contribution in [3.63, 3.8) is 0 Å². The molecule has 0 radical (unpaired) electrons. The molecule has 0 spiro atoms. The zero-order chi connectivity index (χ0) is 18.0. The molecule has 0 nitrogen and oxygen atoms in total. The topological polar surface area (TPSA) is 0 Å². The Morgan fingerprint density at radius 1 is 0.960 bits per heavy atom. The van der Waals surface area contributed by atoms with Crippen LogP contribution >= 0.6 is 0 Å². The molecule has 0 amide bonds. The van der Waals surface area contributed by atoms with E-state index in [0.717, 1.165) is 30.5 Å². The van der Waals surface area contributed by atoms with Crippen LogP contribution < -0.4 is 0 Å². The van der Waals surface area contributed by atoms with Gasteiger partial charge in [-0.3, -0.25) is 0 Å². The summed E-state index contributed by atoms with van der Waals surface area (Å²) < 4.78 is 56.8. The van der Waals surface area contributed by atoms with E-state index in [0.29, 0.717) is 0 Å². The first kappa shape index (κ1) is 17.5. The fourth-order valence-electron chi connectivity index (χ4n) is 3.23. The molecular formula is C21H18F4. The first-order valence-corrected chi connectivity index (χ1v) is 8.27. The number of hydrogen-bond donors (Lipinski definition) is 0. The normalized spacial score (nSPS) is 19.8. The van der Waals surface area contributed by atoms with Crippen molar-refractivity contribution in [1.29, 1.82) is 0 Å². The van der Waals surface area contributed by atoms with E-state index in [1.54, 1.807) is 30.4 Å². The van der Waals surface area contributed by atoms with E-state index in [2.05, 4.69) is 0 Å². The molecule has 1 aliphatic carbocycles. The van der Waals surface area contributed by atoms with Gasteiger partial charge in [-0.2, -0.15) is 0 Å². The van der Waals surface area contributed by atoms with E-state index in [9.17, 15) is 13.2 Å². The summed E-state index contributed by atoms with van der Waals surface area (Å²) in [6.45, 7) is 2.01. The molecule has 1 unspecified atom stereocenters. The molecule has 0 bridgehead atoms. The first-order chi connectivity index (χ1) is 12.0. The van der Waals surface area contributed by atoms with Crippen molar-refractivity contribution in [1.82, 2.24) is 0 Å². The molecule has 2 aromatic rings. The Hall–Kier alpha value is -2.36. The maximum Gasteiger partial charge on any atom is 0.195 e. The highest BCUT2D eigenvalue weighted by Gasteiger charge is 2.33. The lowest BCUT2D eigenvalue weighted by molar-refractivity contribution is 0.234. The van der Waals surface area contributed by atoms with Crippen LogP contribution in [0.1, 0.15) is 31.7 Å². The second-order valence-corrected chi connectivity index (χ2v) is 6.21. The minimum Gasteiger partial charge on any atom is -0.234 e. The Labute approximate surface area is 144 Å². The van der Waals surface area contributed by atoms with Crippen LogP contribution in [-0.2, 0) is 5.67 Å². The van der Waals surface area contributed by atoms with Gasteiger partial charge in [-0.05, 0) is 35.8 Å². The summed E-state index contributed by atoms with van der Waals surface area (Å²) in [4.78, 5) is 0. The third-order valence-corrected chi connectivity index (χ3v) is 4.40. The fraction of sp³-hybridized carbons (Fsp3) is 0.238. The van der Waals surface area contributed by atoms with Gasteiger partial charge < -0.3 is 0 Å². The van der Waals surface area contributed by atoms with Crippen molar-refractivity contribution < 1.29 is 17.6 Å². The third-order valence-electron chi connectivity index (χ3n) is 4.40. The van der Waals surface area contributed by atoms with Gasteiger partial charge in [-0.15, -0.1) is 0 Å². The summed E-state index contributed by atoms with van der Waals surface area (Å²) in [5.41, 5.74) is -0.613. The summed E-state index contributed by atoms with van der Waals surface area (Å²) in [5, 5.41) is 0. The molecule has 1 atom stereocenters. The smallest absolute Gasteiger partial charge is 0.195 e. The van der Waals surface area contributed by atoms with Crippen LogP contribution in [0.5, 0.6) is 0 Å². The minimum atomic E-state index is -1.81. The standard InChI is InChI=1S/C21H18F4/c1-2-6-14-7-5-12-21(25,13-14)17-9-4-3-8-15(17)16-10-11-18(22)20(24)19(16)23/h3-5,7-11,13H,2,6,12H2,1H3. The zero-order valence-corrected chi connectivity index (χ0v) is 13.8. The van der Waals surface area contributed by atoms with Crippen LogP contribution in [0.4, 0.5) is 17.6 Å². The van der Waals surface area contributed by atoms with Gasteiger partial charge in [-0.25, -0.2) is 17.6 Å². The van der Waals surface area contributed by atoms with E-state index in [1.165, 1.54) is 6.07 Å². The van der Waals surface area contributed by atoms with Gasteiger partial charge in [0.2, 0.25) is 0 Å². The molecule has 0 fully saturated rings. The molecule has 0 aliphatic heterocycles. The molecule has 0 aromatic heterocycles. The van der Waals surface area contributed by atoms with Gasteiger partial charge >= 0.3 is 0 Å². The molecule has 25 heavy (non-hydrogen) atoms. The average Bonchev–Trinajstić information content (AvgIpc) is 2.60. The van der Waals surface area contributed by atoms with Gasteiger partial charge in [0.05, 0.1) is 0 Å². The summed E-state index contributed by atoms with van der Waals surface area (Å²) in [5.74, 6) is -4.12. The maximum absolute atomic E-state index is 15.7. The van der Waals surface area contributed by atoms with Gasteiger partial charge in [0, 0.05) is 17.5 Å². The molecule has 0 N–H and O–H groups in total. The summed E-state index contributed by atoms with van der Waals surface area (Å²) in [7, 11) is 0. The number of alkyl halides is 1. The predicted octanol–water partition coefficient (Wildman–Crippen LogP) is 6.62. The molecular weight excluding hydrogens is 328 g/mol. The van der Waals surface area contributed by atoms with E-state index in [1.807, 2.05) is 13.0 Å². The number of hydrogen-bond acceptors (Lipinski definition) is 0. The summed E-state index contributed by atoms with van der Waals surface area (Å²) in [6.07, 6.45) is 6.93. The first-order valence-electron chi connectivity index (χ1n) is 8.27. The molecule has 1 aliphatic rings. The van der Waals surface area contributed by atoms with E-state index in [4.69, 9.17) is 0 Å². The molecule has 0 saturated carbocycles. The number of benzene rings is 2. The van der Waals surface area contributed by atoms with Crippen LogP contribution in [0.2, 0.25) is 0 Å². The Morgan fingerprint density at radius 2 is 1.72 bits per heavy atom. The predicted molar refractivity (Wildman–Crippen MR) is 91.3 cm³/mol. The number of allylic oxidation sites excluding steroid dienone is 4. The third kappa shape index (κ3) is 3.26. The van der Waals surface area contributed by atoms with Crippen LogP contribution in [-0.4, -0.2) is 0 Å². The van der Waals surface area contributed by atoms with Crippen molar-refractivity contribution in [2.24, 2.45) is 0 Å². The van der Waals surface area contributed by atoms with E-state index in [-0.39, 0.29) is 23.1 Å². The van der Waals surface area contributed by atoms with Crippen molar-refractivity contribution in [2.45, 2.75) is 31.9 Å². The molecule has 0 saturated heterocycles. The molecule has 4 heteroatoms. The maximum atomic E-state index is 15.7. The Morgan fingerprint density at radius 3 is 2.48 bits per heavy atom. The number of halogens is 4. The Bertz CT molecular complexity index is 851. The van der Waals surface area contributed by atoms with Crippen molar-refractivity contribution in [2.75, 3.05) is 0 Å². The van der Waals surface area contributed by atoms with Crippen LogP contribution in [0.25, 0.3) is 11.1 Å². The highest BCUT2D eigenvalue weighted by molar-refractivity contribution is 5.70. The molecule has 130 valence electrons. The lowest BCUT2D eigenvalue weighted by Gasteiger charge is -2.27. The van der Waals surface area contributed by atoms with Crippen molar-refractivity contribution in [3.8, 4) is 11.1 Å². The summed E-state index contributed by atoms with van der Waals surface area (Å²) >= 11 is 0. The number of rotatable bonds is 4. The van der Waals surface area contributed by atoms with Crippen LogP contribution in [0.3, 0.4) is 0 Å². The second-order valence-electron chi connectivity index (χ2n) is 6.21. The fourth-order valence-corrected chi connectivity index (χ4v) is 3.23. The second kappa shape index (κ2) is 6.87. The zero-order valence-electron chi connectivity index (χ0n) is 13.8. The van der Waals surface area contributed by atoms with Crippen molar-refractivity contribution >= 4 is 0 Å². The summed E-state index contributed by atoms with van der Waals surface area (Å²) in [6, 6.07) is 8.37. The quantitative estimate of drug-likeness (QED) is 0.431. The van der Waals surface area contributed by atoms with Crippen LogP contribution in [0.15, 0.2) is 60.2 Å². The largest absolute Gasteiger partial charge is 0.234 e. The molecule has 3 rings (SSSR count). The monoisotopic (exact) mass is 346 g/mol. The van der Waals surface area contributed by atoms with E-state index < -0.39 is 23.1 Å². The molecule has 0 heterocycles. The van der Waals surface area contributed by atoms with Crippen LogP contribution in [0, 0.1) is 17.5 Å². The minimum absolute atomic E-state index is 0.114. The van der Waals surface area contributed by atoms with Crippen molar-refractivity contribution in [3.05, 3.63) is 83.2 Å². The SMILES string of the molecule is CCCC1=CC(F)(c2ccccc2-c2ccc(F)c(F)c2F)CC=C1. The van der Waals surface area contributed by atoms with Gasteiger partial charge in [-0.1, -0.05) is 49.8 Å². The van der Waals surface area contributed by atoms with Gasteiger partial charge in [0.25, 0.3) is 0 Å². The average molecular weight is 346 g/mol.